The minimum absolute atomic E-state index is 0.0857. The van der Waals surface area contributed by atoms with Crippen LogP contribution in [0.3, 0.4) is 0 Å². The summed E-state index contributed by atoms with van der Waals surface area (Å²) in [5, 5.41) is 10.3. The highest BCUT2D eigenvalue weighted by Crippen LogP contribution is 2.36. The minimum Gasteiger partial charge on any atom is -0.490 e. The third-order valence-corrected chi connectivity index (χ3v) is 8.04. The Labute approximate surface area is 186 Å². The van der Waals surface area contributed by atoms with Crippen molar-refractivity contribution in [3.8, 4) is 11.4 Å². The first-order valence-electron chi connectivity index (χ1n) is 11.1. The lowest BCUT2D eigenvalue weighted by Gasteiger charge is -2.36. The molecule has 0 saturated carbocycles. The van der Waals surface area contributed by atoms with Gasteiger partial charge in [-0.05, 0) is 69.0 Å². The van der Waals surface area contributed by atoms with E-state index in [-0.39, 0.29) is 17.6 Å². The van der Waals surface area contributed by atoms with Crippen LogP contribution in [-0.4, -0.2) is 44.8 Å². The lowest BCUT2D eigenvalue weighted by molar-refractivity contribution is 0.0662. The molecular weight excluding hydrogens is 410 g/mol. The third kappa shape index (κ3) is 3.79. The summed E-state index contributed by atoms with van der Waals surface area (Å²) in [6.45, 7) is 3.92. The molecule has 2 saturated heterocycles. The van der Waals surface area contributed by atoms with E-state index in [1.165, 1.54) is 24.2 Å². The van der Waals surface area contributed by atoms with Crippen LogP contribution in [0.25, 0.3) is 15.9 Å². The number of nitrogens with zero attached hydrogens (tertiary/aromatic N) is 3. The van der Waals surface area contributed by atoms with E-state index in [0.717, 1.165) is 29.2 Å². The Bertz CT molecular complexity index is 1120. The lowest BCUT2D eigenvalue weighted by Crippen LogP contribution is -2.43. The van der Waals surface area contributed by atoms with E-state index < -0.39 is 6.10 Å². The van der Waals surface area contributed by atoms with Gasteiger partial charge in [0.25, 0.3) is 5.56 Å². The number of hydrogen-bond donors (Lipinski definition) is 1. The molecular formula is C24H29N3O3S. The van der Waals surface area contributed by atoms with Crippen molar-refractivity contribution in [2.45, 2.75) is 63.8 Å². The third-order valence-electron chi connectivity index (χ3n) is 6.85. The van der Waals surface area contributed by atoms with E-state index >= 15 is 0 Å². The molecule has 4 atom stereocenters. The molecule has 4 heterocycles. The number of rotatable bonds is 5. The van der Waals surface area contributed by atoms with Crippen LogP contribution in [0.4, 0.5) is 0 Å². The van der Waals surface area contributed by atoms with Gasteiger partial charge >= 0.3 is 0 Å². The lowest BCUT2D eigenvalue weighted by atomic mass is 10.0. The highest BCUT2D eigenvalue weighted by Gasteiger charge is 2.39. The Morgan fingerprint density at radius 3 is 2.48 bits per heavy atom. The fourth-order valence-electron chi connectivity index (χ4n) is 4.92. The number of hydrogen-bond acceptors (Lipinski definition) is 6. The molecule has 6 nitrogen and oxygen atoms in total. The summed E-state index contributed by atoms with van der Waals surface area (Å²) < 4.78 is 8.40. The van der Waals surface area contributed by atoms with Gasteiger partial charge in [0.05, 0.1) is 17.3 Å². The molecule has 5 rings (SSSR count). The summed E-state index contributed by atoms with van der Waals surface area (Å²) in [5.74, 6) is 0.931. The number of aromatic nitrogens is 2. The highest BCUT2D eigenvalue weighted by molar-refractivity contribution is 7.19. The maximum atomic E-state index is 13.1. The van der Waals surface area contributed by atoms with Gasteiger partial charge in [-0.25, -0.2) is 4.98 Å². The smallest absolute Gasteiger partial charge is 0.275 e. The normalized spacial score (nSPS) is 24.7. The van der Waals surface area contributed by atoms with Gasteiger partial charge in [0, 0.05) is 17.0 Å². The SMILES string of the molecule is CC(C)C(O)c1cc2ncn(-c3ccc(OC4C[C@H]5CC[C@@H](C4)N5C)cc3)c(=O)c2s1. The van der Waals surface area contributed by atoms with Crippen LogP contribution in [-0.2, 0) is 0 Å². The highest BCUT2D eigenvalue weighted by atomic mass is 32.1. The van der Waals surface area contributed by atoms with E-state index in [4.69, 9.17) is 4.74 Å². The summed E-state index contributed by atoms with van der Waals surface area (Å²) in [5.41, 5.74) is 1.28. The van der Waals surface area contributed by atoms with Gasteiger partial charge in [0.1, 0.15) is 22.9 Å². The van der Waals surface area contributed by atoms with Crippen molar-refractivity contribution in [2.24, 2.45) is 5.92 Å². The van der Waals surface area contributed by atoms with Crippen LogP contribution in [0.2, 0.25) is 0 Å². The van der Waals surface area contributed by atoms with Crippen molar-refractivity contribution in [3.05, 3.63) is 51.9 Å². The van der Waals surface area contributed by atoms with Gasteiger partial charge in [0.2, 0.25) is 0 Å². The molecule has 3 aromatic rings. The number of aliphatic hydroxyl groups is 1. The average Bonchev–Trinajstić information content (AvgIpc) is 3.26. The first kappa shape index (κ1) is 20.7. The van der Waals surface area contributed by atoms with Crippen molar-refractivity contribution < 1.29 is 9.84 Å². The minimum atomic E-state index is -0.585. The van der Waals surface area contributed by atoms with E-state index in [0.29, 0.717) is 22.3 Å². The number of ether oxygens (including phenoxy) is 1. The van der Waals surface area contributed by atoms with Crippen LogP contribution in [0.15, 0.2) is 41.5 Å². The summed E-state index contributed by atoms with van der Waals surface area (Å²) in [4.78, 5) is 20.8. The molecule has 0 aliphatic carbocycles. The van der Waals surface area contributed by atoms with Crippen molar-refractivity contribution in [1.82, 2.24) is 14.5 Å². The summed E-state index contributed by atoms with van der Waals surface area (Å²) in [6, 6.07) is 10.8. The summed E-state index contributed by atoms with van der Waals surface area (Å²) in [6.07, 6.45) is 5.95. The van der Waals surface area contributed by atoms with Crippen LogP contribution in [0.1, 0.15) is 50.5 Å². The topological polar surface area (TPSA) is 67.6 Å². The molecule has 2 unspecified atom stereocenters. The zero-order valence-electron chi connectivity index (χ0n) is 18.2. The molecule has 2 aromatic heterocycles. The molecule has 1 N–H and O–H groups in total. The van der Waals surface area contributed by atoms with Gasteiger partial charge < -0.3 is 14.7 Å². The Balaban J connectivity index is 1.36. The van der Waals surface area contributed by atoms with Crippen molar-refractivity contribution in [1.29, 1.82) is 0 Å². The maximum Gasteiger partial charge on any atom is 0.275 e. The van der Waals surface area contributed by atoms with Gasteiger partial charge in [0.15, 0.2) is 0 Å². The number of aliphatic hydroxyl groups excluding tert-OH is 1. The van der Waals surface area contributed by atoms with Crippen LogP contribution in [0.5, 0.6) is 5.75 Å². The Hall–Kier alpha value is -2.22. The molecule has 2 aliphatic heterocycles. The average molecular weight is 440 g/mol. The largest absolute Gasteiger partial charge is 0.490 e. The van der Waals surface area contributed by atoms with Gasteiger partial charge in [-0.1, -0.05) is 13.8 Å². The number of benzene rings is 1. The first-order chi connectivity index (χ1) is 14.9. The van der Waals surface area contributed by atoms with Crippen molar-refractivity contribution in [2.75, 3.05) is 7.05 Å². The van der Waals surface area contributed by atoms with E-state index in [1.807, 2.05) is 44.2 Å². The summed E-state index contributed by atoms with van der Waals surface area (Å²) in [7, 11) is 2.23. The molecule has 1 aromatic carbocycles. The van der Waals surface area contributed by atoms with Crippen molar-refractivity contribution in [3.63, 3.8) is 0 Å². The van der Waals surface area contributed by atoms with E-state index in [9.17, 15) is 9.90 Å². The maximum absolute atomic E-state index is 13.1. The van der Waals surface area contributed by atoms with Gasteiger partial charge in [-0.3, -0.25) is 9.36 Å². The quantitative estimate of drug-likeness (QED) is 0.647. The number of fused-ring (bicyclic) bond motifs is 3. The van der Waals surface area contributed by atoms with E-state index in [2.05, 4.69) is 16.9 Å². The fourth-order valence-corrected chi connectivity index (χ4v) is 6.13. The first-order valence-corrected chi connectivity index (χ1v) is 11.9. The second kappa shape index (κ2) is 8.04. The second-order valence-corrected chi connectivity index (χ2v) is 10.3. The van der Waals surface area contributed by atoms with Gasteiger partial charge in [-0.15, -0.1) is 11.3 Å². The zero-order valence-corrected chi connectivity index (χ0v) is 19.0. The number of thiophene rings is 1. The standard InChI is InChI=1S/C24H29N3O3S/c1-14(2)22(28)21-12-20-23(31-21)24(29)27(13-25-20)15-6-8-18(9-7-15)30-19-10-16-4-5-17(11-19)26(16)3/h6-9,12-14,16-17,19,22,28H,4-5,10-11H2,1-3H3/t16-,17+,19?,22?. The molecule has 7 heteroatoms. The van der Waals surface area contributed by atoms with Crippen LogP contribution < -0.4 is 10.3 Å². The predicted octanol–water partition coefficient (Wildman–Crippen LogP) is 4.14. The second-order valence-electron chi connectivity index (χ2n) is 9.23. The molecule has 2 bridgehead atoms. The molecule has 0 amide bonds. The van der Waals surface area contributed by atoms with Crippen LogP contribution in [0, 0.1) is 5.92 Å². The molecule has 0 spiro atoms. The zero-order chi connectivity index (χ0) is 21.7. The Morgan fingerprint density at radius 2 is 1.84 bits per heavy atom. The van der Waals surface area contributed by atoms with Crippen LogP contribution >= 0.6 is 11.3 Å². The molecule has 2 aliphatic rings. The molecule has 31 heavy (non-hydrogen) atoms. The Kier molecular flexibility index (Phi) is 5.36. The molecule has 164 valence electrons. The number of piperidine rings is 1. The van der Waals surface area contributed by atoms with E-state index in [1.54, 1.807) is 10.9 Å². The fraction of sp³-hybridized carbons (Fsp3) is 0.500. The predicted molar refractivity (Wildman–Crippen MR) is 123 cm³/mol. The van der Waals surface area contributed by atoms with Gasteiger partial charge in [-0.2, -0.15) is 0 Å². The monoisotopic (exact) mass is 439 g/mol. The van der Waals surface area contributed by atoms with Crippen molar-refractivity contribution >= 4 is 21.6 Å². The molecule has 2 fully saturated rings. The summed E-state index contributed by atoms with van der Waals surface area (Å²) >= 11 is 1.33. The molecule has 0 radical (unpaired) electrons. The Morgan fingerprint density at radius 1 is 1.16 bits per heavy atom.